The van der Waals surface area contributed by atoms with Crippen molar-refractivity contribution in [3.05, 3.63) is 41.0 Å². The predicted molar refractivity (Wildman–Crippen MR) is 93.5 cm³/mol. The molecule has 7 nitrogen and oxygen atoms in total. The standard InChI is InChI=1S/C19H22O7/c1-22-12-8-6-7-11(16(12)24-3)19(21)14-10(18(19)26-5)9-13(23-2)15(20)17(14)25-4/h6-9,18,20-21H,1-5H3/t18-,19-/m0/s1. The number of para-hydroxylation sites is 1. The zero-order valence-electron chi connectivity index (χ0n) is 15.3. The highest BCUT2D eigenvalue weighted by Crippen LogP contribution is 2.63. The molecule has 7 heteroatoms. The van der Waals surface area contributed by atoms with Crippen molar-refractivity contribution >= 4 is 0 Å². The van der Waals surface area contributed by atoms with Crippen LogP contribution in [0.2, 0.25) is 0 Å². The van der Waals surface area contributed by atoms with Crippen LogP contribution >= 0.6 is 0 Å². The van der Waals surface area contributed by atoms with E-state index in [0.29, 0.717) is 28.2 Å². The number of phenolic OH excluding ortho intramolecular Hbond substituents is 1. The Morgan fingerprint density at radius 3 is 2.08 bits per heavy atom. The van der Waals surface area contributed by atoms with Crippen molar-refractivity contribution in [3.8, 4) is 28.7 Å². The molecule has 2 atom stereocenters. The molecule has 0 aliphatic heterocycles. The van der Waals surface area contributed by atoms with Crippen LogP contribution < -0.4 is 18.9 Å². The smallest absolute Gasteiger partial charge is 0.201 e. The van der Waals surface area contributed by atoms with E-state index in [1.807, 2.05) is 0 Å². The van der Waals surface area contributed by atoms with Gasteiger partial charge in [0.15, 0.2) is 28.6 Å². The number of aliphatic hydroxyl groups is 1. The SMILES string of the molecule is COc1cc2c(c(OC)c1O)[C@@](O)(c1cccc(OC)c1OC)[C@H]2OC. The van der Waals surface area contributed by atoms with E-state index in [4.69, 9.17) is 23.7 Å². The molecule has 2 N–H and O–H groups in total. The van der Waals surface area contributed by atoms with Crippen molar-refractivity contribution < 1.29 is 33.9 Å². The monoisotopic (exact) mass is 362 g/mol. The summed E-state index contributed by atoms with van der Waals surface area (Å²) in [6.07, 6.45) is -0.707. The maximum absolute atomic E-state index is 11.6. The molecule has 0 aromatic heterocycles. The fourth-order valence-electron chi connectivity index (χ4n) is 3.64. The van der Waals surface area contributed by atoms with Crippen LogP contribution in [0.1, 0.15) is 22.8 Å². The minimum absolute atomic E-state index is 0.125. The Morgan fingerprint density at radius 2 is 1.54 bits per heavy atom. The van der Waals surface area contributed by atoms with Crippen LogP contribution in [0.5, 0.6) is 28.7 Å². The maximum atomic E-state index is 11.6. The number of hydrogen-bond donors (Lipinski definition) is 2. The fourth-order valence-corrected chi connectivity index (χ4v) is 3.64. The Morgan fingerprint density at radius 1 is 0.885 bits per heavy atom. The summed E-state index contributed by atoms with van der Waals surface area (Å²) in [5, 5.41) is 22.1. The van der Waals surface area contributed by atoms with E-state index in [9.17, 15) is 10.2 Å². The van der Waals surface area contributed by atoms with Gasteiger partial charge in [-0.2, -0.15) is 0 Å². The summed E-state index contributed by atoms with van der Waals surface area (Å²) in [5.74, 6) is 1.02. The lowest BCUT2D eigenvalue weighted by molar-refractivity contribution is -0.105. The summed E-state index contributed by atoms with van der Waals surface area (Å²) in [6, 6.07) is 6.82. The number of phenols is 1. The van der Waals surface area contributed by atoms with Gasteiger partial charge in [-0.1, -0.05) is 12.1 Å². The minimum atomic E-state index is -1.60. The van der Waals surface area contributed by atoms with Crippen molar-refractivity contribution in [3.63, 3.8) is 0 Å². The quantitative estimate of drug-likeness (QED) is 0.816. The highest BCUT2D eigenvalue weighted by Gasteiger charge is 2.57. The van der Waals surface area contributed by atoms with E-state index in [-0.39, 0.29) is 17.2 Å². The molecule has 0 unspecified atom stereocenters. The van der Waals surface area contributed by atoms with Crippen LogP contribution in [-0.4, -0.2) is 45.8 Å². The van der Waals surface area contributed by atoms with Crippen molar-refractivity contribution in [2.24, 2.45) is 0 Å². The number of methoxy groups -OCH3 is 5. The van der Waals surface area contributed by atoms with E-state index < -0.39 is 11.7 Å². The number of ether oxygens (including phenoxy) is 5. The average Bonchev–Trinajstić information content (AvgIpc) is 2.67. The molecule has 140 valence electrons. The highest BCUT2D eigenvalue weighted by molar-refractivity contribution is 5.70. The zero-order chi connectivity index (χ0) is 19.1. The number of rotatable bonds is 6. The van der Waals surface area contributed by atoms with Crippen molar-refractivity contribution in [2.75, 3.05) is 35.5 Å². The van der Waals surface area contributed by atoms with Gasteiger partial charge >= 0.3 is 0 Å². The molecular formula is C19H22O7. The number of aromatic hydroxyl groups is 1. The molecule has 1 aliphatic rings. The summed E-state index contributed by atoms with van der Waals surface area (Å²) in [6.45, 7) is 0. The molecule has 1 aliphatic carbocycles. The van der Waals surface area contributed by atoms with Gasteiger partial charge in [0.05, 0.1) is 28.4 Å². The molecule has 0 saturated heterocycles. The first-order valence-electron chi connectivity index (χ1n) is 7.94. The maximum Gasteiger partial charge on any atom is 0.201 e. The molecule has 0 fully saturated rings. The first-order valence-corrected chi connectivity index (χ1v) is 7.94. The van der Waals surface area contributed by atoms with Gasteiger partial charge in [-0.05, 0) is 17.7 Å². The molecule has 0 spiro atoms. The molecule has 26 heavy (non-hydrogen) atoms. The molecule has 0 saturated carbocycles. The predicted octanol–water partition coefficient (Wildman–Crippen LogP) is 2.36. The first-order chi connectivity index (χ1) is 12.5. The van der Waals surface area contributed by atoms with Crippen molar-refractivity contribution in [1.82, 2.24) is 0 Å². The third-order valence-electron chi connectivity index (χ3n) is 4.77. The first kappa shape index (κ1) is 18.2. The Balaban J connectivity index is 2.32. The van der Waals surface area contributed by atoms with E-state index in [2.05, 4.69) is 0 Å². The van der Waals surface area contributed by atoms with E-state index in [0.717, 1.165) is 0 Å². The second-order valence-corrected chi connectivity index (χ2v) is 5.85. The number of hydrogen-bond acceptors (Lipinski definition) is 7. The van der Waals surface area contributed by atoms with Crippen molar-refractivity contribution in [2.45, 2.75) is 11.7 Å². The topological polar surface area (TPSA) is 86.6 Å². The molecule has 0 radical (unpaired) electrons. The summed E-state index contributed by atoms with van der Waals surface area (Å²) < 4.78 is 26.9. The highest BCUT2D eigenvalue weighted by atomic mass is 16.5. The zero-order valence-corrected chi connectivity index (χ0v) is 15.3. The Bertz CT molecular complexity index is 833. The van der Waals surface area contributed by atoms with Gasteiger partial charge in [0.25, 0.3) is 0 Å². The Labute approximate surface area is 151 Å². The van der Waals surface area contributed by atoms with Crippen LogP contribution in [0.15, 0.2) is 24.3 Å². The van der Waals surface area contributed by atoms with Gasteiger partial charge in [-0.25, -0.2) is 0 Å². The second kappa shape index (κ2) is 6.59. The molecule has 0 amide bonds. The Kier molecular flexibility index (Phi) is 4.60. The number of fused-ring (bicyclic) bond motifs is 1. The van der Waals surface area contributed by atoms with Crippen molar-refractivity contribution in [1.29, 1.82) is 0 Å². The minimum Gasteiger partial charge on any atom is -0.502 e. The van der Waals surface area contributed by atoms with Gasteiger partial charge in [0, 0.05) is 18.2 Å². The lowest BCUT2D eigenvalue weighted by atomic mass is 9.65. The molecule has 2 aromatic rings. The summed E-state index contributed by atoms with van der Waals surface area (Å²) in [4.78, 5) is 0. The second-order valence-electron chi connectivity index (χ2n) is 5.85. The van der Waals surface area contributed by atoms with Gasteiger partial charge in [0.2, 0.25) is 5.75 Å². The van der Waals surface area contributed by atoms with Crippen LogP contribution in [0.4, 0.5) is 0 Å². The lowest BCUT2D eigenvalue weighted by Gasteiger charge is -2.47. The molecule has 3 rings (SSSR count). The Hall–Kier alpha value is -2.64. The summed E-state index contributed by atoms with van der Waals surface area (Å²) >= 11 is 0. The normalized spacial score (nSPS) is 20.8. The summed E-state index contributed by atoms with van der Waals surface area (Å²) in [7, 11) is 7.37. The van der Waals surface area contributed by atoms with Crippen LogP contribution in [-0.2, 0) is 10.3 Å². The van der Waals surface area contributed by atoms with Gasteiger partial charge < -0.3 is 33.9 Å². The van der Waals surface area contributed by atoms with E-state index >= 15 is 0 Å². The number of benzene rings is 2. The molecule has 0 heterocycles. The third-order valence-corrected chi connectivity index (χ3v) is 4.77. The van der Waals surface area contributed by atoms with Gasteiger partial charge in [-0.15, -0.1) is 0 Å². The van der Waals surface area contributed by atoms with Gasteiger partial charge in [-0.3, -0.25) is 0 Å². The van der Waals surface area contributed by atoms with Crippen LogP contribution in [0.25, 0.3) is 0 Å². The molecule has 0 bridgehead atoms. The van der Waals surface area contributed by atoms with E-state index in [1.54, 1.807) is 24.3 Å². The lowest BCUT2D eigenvalue weighted by Crippen LogP contribution is -2.46. The fraction of sp³-hybridized carbons (Fsp3) is 0.368. The third kappa shape index (κ3) is 2.21. The molecule has 2 aromatic carbocycles. The van der Waals surface area contributed by atoms with Gasteiger partial charge in [0.1, 0.15) is 6.10 Å². The van der Waals surface area contributed by atoms with E-state index in [1.165, 1.54) is 35.5 Å². The van der Waals surface area contributed by atoms with Crippen LogP contribution in [0, 0.1) is 0 Å². The van der Waals surface area contributed by atoms with Crippen LogP contribution in [0.3, 0.4) is 0 Å². The summed E-state index contributed by atoms with van der Waals surface area (Å²) in [5.41, 5.74) is -0.0939. The largest absolute Gasteiger partial charge is 0.502 e. The average molecular weight is 362 g/mol. The molecular weight excluding hydrogens is 340 g/mol.